The fraction of sp³-hybridized carbons (Fsp3) is 0.474. The summed E-state index contributed by atoms with van der Waals surface area (Å²) >= 11 is 3.36. The molecule has 1 aliphatic rings. The van der Waals surface area contributed by atoms with E-state index in [1.54, 1.807) is 19.5 Å². The van der Waals surface area contributed by atoms with Gasteiger partial charge in [-0.05, 0) is 52.7 Å². The van der Waals surface area contributed by atoms with Crippen molar-refractivity contribution in [2.75, 3.05) is 30.4 Å². The lowest BCUT2D eigenvalue weighted by Gasteiger charge is -2.34. The molecule has 3 rings (SSSR count). The van der Waals surface area contributed by atoms with Gasteiger partial charge in [0.05, 0.1) is 17.3 Å². The van der Waals surface area contributed by atoms with Crippen LogP contribution in [0.1, 0.15) is 32.3 Å². The van der Waals surface area contributed by atoms with Gasteiger partial charge in [0.2, 0.25) is 5.95 Å². The number of nitrogens with one attached hydrogen (secondary N) is 1. The standard InChI is InChI=1S/C19H25BrN4O/c1-4-14-9-16(23-19-21-11-15(20)12-22-19)18(25-3)10-17(14)24-7-5-13(2)6-8-24/h9-13H,4-8H2,1-3H3,(H,21,22,23). The summed E-state index contributed by atoms with van der Waals surface area (Å²) < 4.78 is 6.49. The number of methoxy groups -OCH3 is 1. The van der Waals surface area contributed by atoms with Crippen molar-refractivity contribution in [3.8, 4) is 5.75 Å². The Morgan fingerprint density at radius 3 is 2.52 bits per heavy atom. The molecule has 0 aliphatic carbocycles. The van der Waals surface area contributed by atoms with Crippen LogP contribution in [0.25, 0.3) is 0 Å². The summed E-state index contributed by atoms with van der Waals surface area (Å²) in [6.07, 6.45) is 6.93. The average molecular weight is 405 g/mol. The summed E-state index contributed by atoms with van der Waals surface area (Å²) in [4.78, 5) is 11.1. The quantitative estimate of drug-likeness (QED) is 0.775. The Morgan fingerprint density at radius 2 is 1.92 bits per heavy atom. The van der Waals surface area contributed by atoms with Crippen LogP contribution in [-0.2, 0) is 6.42 Å². The van der Waals surface area contributed by atoms with E-state index in [1.807, 2.05) is 0 Å². The van der Waals surface area contributed by atoms with Crippen molar-refractivity contribution in [3.63, 3.8) is 0 Å². The van der Waals surface area contributed by atoms with E-state index in [9.17, 15) is 0 Å². The van der Waals surface area contributed by atoms with E-state index in [0.717, 1.165) is 41.3 Å². The molecule has 1 fully saturated rings. The van der Waals surface area contributed by atoms with Crippen LogP contribution in [0.5, 0.6) is 5.75 Å². The first kappa shape index (κ1) is 18.0. The number of hydrogen-bond acceptors (Lipinski definition) is 5. The molecule has 6 heteroatoms. The van der Waals surface area contributed by atoms with Gasteiger partial charge in [-0.3, -0.25) is 0 Å². The number of halogens is 1. The molecule has 1 aromatic carbocycles. The molecule has 0 radical (unpaired) electrons. The van der Waals surface area contributed by atoms with Crippen molar-refractivity contribution in [1.29, 1.82) is 0 Å². The van der Waals surface area contributed by atoms with Gasteiger partial charge in [-0.25, -0.2) is 9.97 Å². The first-order valence-corrected chi connectivity index (χ1v) is 9.60. The van der Waals surface area contributed by atoms with Crippen LogP contribution in [-0.4, -0.2) is 30.2 Å². The monoisotopic (exact) mass is 404 g/mol. The average Bonchev–Trinajstić information content (AvgIpc) is 2.64. The lowest BCUT2D eigenvalue weighted by molar-refractivity contribution is 0.415. The van der Waals surface area contributed by atoms with Gasteiger partial charge in [0.1, 0.15) is 5.75 Å². The molecule has 0 unspecified atom stereocenters. The fourth-order valence-electron chi connectivity index (χ4n) is 3.20. The zero-order valence-corrected chi connectivity index (χ0v) is 16.6. The fourth-order valence-corrected chi connectivity index (χ4v) is 3.41. The van der Waals surface area contributed by atoms with Crippen LogP contribution in [0.3, 0.4) is 0 Å². The number of benzene rings is 1. The topological polar surface area (TPSA) is 50.3 Å². The third-order valence-corrected chi connectivity index (χ3v) is 5.18. The molecular formula is C19H25BrN4O. The Bertz CT molecular complexity index is 712. The third-order valence-electron chi connectivity index (χ3n) is 4.77. The first-order valence-electron chi connectivity index (χ1n) is 8.81. The van der Waals surface area contributed by atoms with Crippen LogP contribution in [0.2, 0.25) is 0 Å². The summed E-state index contributed by atoms with van der Waals surface area (Å²) in [5, 5.41) is 3.28. The smallest absolute Gasteiger partial charge is 0.227 e. The van der Waals surface area contributed by atoms with E-state index in [1.165, 1.54) is 24.1 Å². The van der Waals surface area contributed by atoms with E-state index >= 15 is 0 Å². The Balaban J connectivity index is 1.90. The van der Waals surface area contributed by atoms with Crippen LogP contribution in [0.4, 0.5) is 17.3 Å². The maximum Gasteiger partial charge on any atom is 0.227 e. The zero-order valence-electron chi connectivity index (χ0n) is 15.1. The maximum absolute atomic E-state index is 5.64. The van der Waals surface area contributed by atoms with Gasteiger partial charge in [0, 0.05) is 37.2 Å². The Morgan fingerprint density at radius 1 is 1.24 bits per heavy atom. The molecule has 2 aromatic rings. The molecule has 0 bridgehead atoms. The molecule has 25 heavy (non-hydrogen) atoms. The molecule has 1 aliphatic heterocycles. The number of aromatic nitrogens is 2. The highest BCUT2D eigenvalue weighted by atomic mass is 79.9. The lowest BCUT2D eigenvalue weighted by atomic mass is 9.97. The minimum absolute atomic E-state index is 0.558. The summed E-state index contributed by atoms with van der Waals surface area (Å²) in [6, 6.07) is 4.31. The molecule has 1 aromatic heterocycles. The molecule has 0 saturated carbocycles. The highest BCUT2D eigenvalue weighted by Crippen LogP contribution is 2.36. The number of hydrogen-bond donors (Lipinski definition) is 1. The molecule has 2 heterocycles. The van der Waals surface area contributed by atoms with Crippen LogP contribution in [0.15, 0.2) is 29.0 Å². The zero-order chi connectivity index (χ0) is 17.8. The van der Waals surface area contributed by atoms with Crippen LogP contribution in [0, 0.1) is 5.92 Å². The summed E-state index contributed by atoms with van der Waals surface area (Å²) in [6.45, 7) is 6.75. The van der Waals surface area contributed by atoms with E-state index in [-0.39, 0.29) is 0 Å². The Kier molecular flexibility index (Phi) is 5.78. The molecule has 0 spiro atoms. The van der Waals surface area contributed by atoms with Crippen LogP contribution >= 0.6 is 15.9 Å². The normalized spacial score (nSPS) is 15.3. The van der Waals surface area contributed by atoms with Crippen molar-refractivity contribution in [1.82, 2.24) is 9.97 Å². The van der Waals surface area contributed by atoms with Crippen molar-refractivity contribution in [2.24, 2.45) is 5.92 Å². The number of aryl methyl sites for hydroxylation is 1. The van der Waals surface area contributed by atoms with Gasteiger partial charge < -0.3 is 15.0 Å². The molecule has 5 nitrogen and oxygen atoms in total. The second-order valence-corrected chi connectivity index (χ2v) is 7.47. The molecule has 134 valence electrons. The van der Waals surface area contributed by atoms with Gasteiger partial charge in [-0.2, -0.15) is 0 Å². The largest absolute Gasteiger partial charge is 0.494 e. The first-order chi connectivity index (χ1) is 12.1. The lowest BCUT2D eigenvalue weighted by Crippen LogP contribution is -2.33. The van der Waals surface area contributed by atoms with Gasteiger partial charge in [0.25, 0.3) is 0 Å². The van der Waals surface area contributed by atoms with Gasteiger partial charge >= 0.3 is 0 Å². The number of ether oxygens (including phenoxy) is 1. The van der Waals surface area contributed by atoms with Gasteiger partial charge in [-0.15, -0.1) is 0 Å². The predicted molar refractivity (Wildman–Crippen MR) is 106 cm³/mol. The SMILES string of the molecule is CCc1cc(Nc2ncc(Br)cn2)c(OC)cc1N1CCC(C)CC1. The maximum atomic E-state index is 5.64. The van der Waals surface area contributed by atoms with Gasteiger partial charge in [0.15, 0.2) is 0 Å². The Hall–Kier alpha value is -1.82. The molecule has 1 N–H and O–H groups in total. The minimum Gasteiger partial charge on any atom is -0.494 e. The predicted octanol–water partition coefficient (Wildman–Crippen LogP) is 4.79. The van der Waals surface area contributed by atoms with Gasteiger partial charge in [-0.1, -0.05) is 13.8 Å². The number of anilines is 3. The van der Waals surface area contributed by atoms with E-state index in [2.05, 4.69) is 62.1 Å². The molecule has 1 saturated heterocycles. The Labute approximate surface area is 157 Å². The highest BCUT2D eigenvalue weighted by molar-refractivity contribution is 9.10. The van der Waals surface area contributed by atoms with Crippen molar-refractivity contribution < 1.29 is 4.74 Å². The van der Waals surface area contributed by atoms with Crippen molar-refractivity contribution in [2.45, 2.75) is 33.1 Å². The van der Waals surface area contributed by atoms with Crippen molar-refractivity contribution in [3.05, 3.63) is 34.6 Å². The van der Waals surface area contributed by atoms with E-state index in [0.29, 0.717) is 5.95 Å². The molecular weight excluding hydrogens is 380 g/mol. The second kappa shape index (κ2) is 8.04. The van der Waals surface area contributed by atoms with Crippen molar-refractivity contribution >= 4 is 33.3 Å². The second-order valence-electron chi connectivity index (χ2n) is 6.55. The molecule has 0 atom stereocenters. The number of rotatable bonds is 5. The third kappa shape index (κ3) is 4.24. The van der Waals surface area contributed by atoms with E-state index < -0.39 is 0 Å². The highest BCUT2D eigenvalue weighted by Gasteiger charge is 2.20. The number of nitrogens with zero attached hydrogens (tertiary/aromatic N) is 3. The number of piperidine rings is 1. The summed E-state index contributed by atoms with van der Waals surface area (Å²) in [5.41, 5.74) is 3.50. The van der Waals surface area contributed by atoms with Crippen LogP contribution < -0.4 is 15.0 Å². The van der Waals surface area contributed by atoms with E-state index in [4.69, 9.17) is 4.74 Å². The summed E-state index contributed by atoms with van der Waals surface area (Å²) in [7, 11) is 1.70. The minimum atomic E-state index is 0.558. The molecule has 0 amide bonds. The summed E-state index contributed by atoms with van der Waals surface area (Å²) in [5.74, 6) is 2.19.